The van der Waals surface area contributed by atoms with Gasteiger partial charge in [-0.1, -0.05) is 0 Å². The van der Waals surface area contributed by atoms with Gasteiger partial charge in [-0.15, -0.1) is 0 Å². The van der Waals surface area contributed by atoms with Crippen LogP contribution in [0.2, 0.25) is 0 Å². The molecule has 2 aliphatic heterocycles. The first-order chi connectivity index (χ1) is 10.2. The zero-order chi connectivity index (χ0) is 14.4. The summed E-state index contributed by atoms with van der Waals surface area (Å²) in [5, 5.41) is 3.20. The zero-order valence-electron chi connectivity index (χ0n) is 13.0. The normalized spacial score (nSPS) is 29.5. The lowest BCUT2D eigenvalue weighted by atomic mass is 10.1. The van der Waals surface area contributed by atoms with Crippen LogP contribution in [0.25, 0.3) is 0 Å². The summed E-state index contributed by atoms with van der Waals surface area (Å²) in [7, 11) is 4.24. The number of nitrogens with zero attached hydrogens (tertiary/aromatic N) is 4. The second-order valence-electron chi connectivity index (χ2n) is 6.78. The topological polar surface area (TPSA) is 44.3 Å². The monoisotopic (exact) mass is 287 g/mol. The van der Waals surface area contributed by atoms with Crippen molar-refractivity contribution >= 4 is 11.6 Å². The molecule has 2 atom stereocenters. The van der Waals surface area contributed by atoms with Crippen LogP contribution >= 0.6 is 0 Å². The third-order valence-corrected chi connectivity index (χ3v) is 5.40. The van der Waals surface area contributed by atoms with Crippen LogP contribution in [-0.4, -0.2) is 54.1 Å². The minimum atomic E-state index is 0.600. The number of likely N-dealkylation sites (N-methyl/N-ethyl adjacent to an activating group) is 1. The standard InChI is InChI=1S/C16H25N5/c1-17-14-9-15(19-16(18-14)11-3-4-11)21-8-7-12-5-6-13(10-21)20(12)2/h9,11-13H,3-8,10H2,1-2H3,(H,17,18,19). The number of rotatable bonds is 3. The molecular weight excluding hydrogens is 262 g/mol. The van der Waals surface area contributed by atoms with Crippen LogP contribution in [0, 0.1) is 0 Å². The molecule has 1 aliphatic carbocycles. The van der Waals surface area contributed by atoms with E-state index >= 15 is 0 Å². The van der Waals surface area contributed by atoms with E-state index in [1.165, 1.54) is 32.1 Å². The Labute approximate surface area is 126 Å². The lowest BCUT2D eigenvalue weighted by Crippen LogP contribution is -2.37. The number of fused-ring (bicyclic) bond motifs is 2. The molecular formula is C16H25N5. The van der Waals surface area contributed by atoms with E-state index in [9.17, 15) is 0 Å². The maximum absolute atomic E-state index is 4.87. The van der Waals surface area contributed by atoms with Gasteiger partial charge in [0.2, 0.25) is 0 Å². The molecule has 0 aromatic carbocycles. The van der Waals surface area contributed by atoms with Crippen molar-refractivity contribution < 1.29 is 0 Å². The van der Waals surface area contributed by atoms with Crippen LogP contribution in [-0.2, 0) is 0 Å². The summed E-state index contributed by atoms with van der Waals surface area (Å²) in [6.07, 6.45) is 6.45. The van der Waals surface area contributed by atoms with Crippen molar-refractivity contribution in [2.75, 3.05) is 37.4 Å². The summed E-state index contributed by atoms with van der Waals surface area (Å²) in [6.45, 7) is 2.23. The molecule has 2 bridgehead atoms. The number of nitrogens with one attached hydrogen (secondary N) is 1. The van der Waals surface area contributed by atoms with Gasteiger partial charge < -0.3 is 10.2 Å². The molecule has 0 spiro atoms. The molecule has 114 valence electrons. The predicted octanol–water partition coefficient (Wildman–Crippen LogP) is 2.07. The maximum Gasteiger partial charge on any atom is 0.136 e. The van der Waals surface area contributed by atoms with Crippen molar-refractivity contribution in [3.8, 4) is 0 Å². The van der Waals surface area contributed by atoms with E-state index in [0.717, 1.165) is 36.6 Å². The molecule has 3 heterocycles. The van der Waals surface area contributed by atoms with Crippen LogP contribution in [0.5, 0.6) is 0 Å². The van der Waals surface area contributed by atoms with Crippen molar-refractivity contribution in [3.05, 3.63) is 11.9 Å². The second kappa shape index (κ2) is 5.13. The zero-order valence-corrected chi connectivity index (χ0v) is 13.0. The van der Waals surface area contributed by atoms with E-state index < -0.39 is 0 Å². The predicted molar refractivity (Wildman–Crippen MR) is 85.0 cm³/mol. The van der Waals surface area contributed by atoms with Gasteiger partial charge in [-0.3, -0.25) is 4.90 Å². The van der Waals surface area contributed by atoms with Gasteiger partial charge in [0.1, 0.15) is 17.5 Å². The first-order valence-electron chi connectivity index (χ1n) is 8.28. The minimum absolute atomic E-state index is 0.600. The van der Waals surface area contributed by atoms with Crippen molar-refractivity contribution in [1.82, 2.24) is 14.9 Å². The van der Waals surface area contributed by atoms with E-state index in [-0.39, 0.29) is 0 Å². The Kier molecular flexibility index (Phi) is 3.25. The van der Waals surface area contributed by atoms with Crippen LogP contribution in [0.1, 0.15) is 43.8 Å². The van der Waals surface area contributed by atoms with E-state index in [1.54, 1.807) is 0 Å². The van der Waals surface area contributed by atoms with Gasteiger partial charge in [-0.2, -0.15) is 0 Å². The number of hydrogen-bond donors (Lipinski definition) is 1. The van der Waals surface area contributed by atoms with E-state index in [1.807, 2.05) is 7.05 Å². The Balaban J connectivity index is 1.61. The fourth-order valence-electron chi connectivity index (χ4n) is 3.78. The van der Waals surface area contributed by atoms with Gasteiger partial charge >= 0.3 is 0 Å². The van der Waals surface area contributed by atoms with Crippen LogP contribution in [0.3, 0.4) is 0 Å². The van der Waals surface area contributed by atoms with E-state index in [4.69, 9.17) is 4.98 Å². The number of anilines is 2. The second-order valence-corrected chi connectivity index (χ2v) is 6.78. The molecule has 3 fully saturated rings. The average molecular weight is 287 g/mol. The van der Waals surface area contributed by atoms with Crippen LogP contribution < -0.4 is 10.2 Å². The Bertz CT molecular complexity index is 527. The third-order valence-electron chi connectivity index (χ3n) is 5.40. The fraction of sp³-hybridized carbons (Fsp3) is 0.750. The Morgan fingerprint density at radius 2 is 1.90 bits per heavy atom. The van der Waals surface area contributed by atoms with E-state index in [2.05, 4.69) is 33.2 Å². The minimum Gasteiger partial charge on any atom is -0.373 e. The van der Waals surface area contributed by atoms with Gasteiger partial charge in [-0.25, -0.2) is 9.97 Å². The molecule has 1 saturated carbocycles. The number of hydrogen-bond acceptors (Lipinski definition) is 5. The molecule has 21 heavy (non-hydrogen) atoms. The Hall–Kier alpha value is -1.36. The van der Waals surface area contributed by atoms with Gasteiger partial charge in [0.25, 0.3) is 0 Å². The Morgan fingerprint density at radius 3 is 2.67 bits per heavy atom. The molecule has 3 aliphatic rings. The highest BCUT2D eigenvalue weighted by atomic mass is 15.3. The van der Waals surface area contributed by atoms with Crippen molar-refractivity contribution in [1.29, 1.82) is 0 Å². The molecule has 0 radical (unpaired) electrons. The van der Waals surface area contributed by atoms with Crippen molar-refractivity contribution in [2.45, 2.75) is 50.1 Å². The molecule has 0 amide bonds. The summed E-state index contributed by atoms with van der Waals surface area (Å²) in [5.41, 5.74) is 0. The smallest absolute Gasteiger partial charge is 0.136 e. The highest BCUT2D eigenvalue weighted by Crippen LogP contribution is 2.39. The fourth-order valence-corrected chi connectivity index (χ4v) is 3.78. The first kappa shape index (κ1) is 13.3. The summed E-state index contributed by atoms with van der Waals surface area (Å²) in [5.74, 6) is 3.73. The lowest BCUT2D eigenvalue weighted by Gasteiger charge is -2.27. The molecule has 2 saturated heterocycles. The summed E-state index contributed by atoms with van der Waals surface area (Å²) in [4.78, 5) is 14.6. The SMILES string of the molecule is CNc1cc(N2CCC3CCC(C2)N3C)nc(C2CC2)n1. The van der Waals surface area contributed by atoms with Crippen molar-refractivity contribution in [2.24, 2.45) is 0 Å². The molecule has 1 N–H and O–H groups in total. The summed E-state index contributed by atoms with van der Waals surface area (Å²) < 4.78 is 0. The van der Waals surface area contributed by atoms with Crippen LogP contribution in [0.4, 0.5) is 11.6 Å². The quantitative estimate of drug-likeness (QED) is 0.922. The maximum atomic E-state index is 4.87. The largest absolute Gasteiger partial charge is 0.373 e. The van der Waals surface area contributed by atoms with Gasteiger partial charge in [0.15, 0.2) is 0 Å². The molecule has 1 aromatic rings. The highest BCUT2D eigenvalue weighted by Gasteiger charge is 2.35. The lowest BCUT2D eigenvalue weighted by molar-refractivity contribution is 0.254. The van der Waals surface area contributed by atoms with Gasteiger partial charge in [-0.05, 0) is 39.2 Å². The molecule has 2 unspecified atom stereocenters. The summed E-state index contributed by atoms with van der Waals surface area (Å²) >= 11 is 0. The van der Waals surface area contributed by atoms with Gasteiger partial charge in [0.05, 0.1) is 0 Å². The first-order valence-corrected chi connectivity index (χ1v) is 8.28. The Morgan fingerprint density at radius 1 is 1.10 bits per heavy atom. The molecule has 1 aromatic heterocycles. The molecule has 5 heteroatoms. The van der Waals surface area contributed by atoms with Gasteiger partial charge in [0, 0.05) is 44.2 Å². The number of aromatic nitrogens is 2. The molecule has 5 nitrogen and oxygen atoms in total. The molecule has 4 rings (SSSR count). The van der Waals surface area contributed by atoms with E-state index in [0.29, 0.717) is 12.0 Å². The van der Waals surface area contributed by atoms with Crippen molar-refractivity contribution in [3.63, 3.8) is 0 Å². The highest BCUT2D eigenvalue weighted by molar-refractivity contribution is 5.50. The third kappa shape index (κ3) is 2.48. The summed E-state index contributed by atoms with van der Waals surface area (Å²) in [6, 6.07) is 3.58. The van der Waals surface area contributed by atoms with Crippen LogP contribution in [0.15, 0.2) is 6.07 Å². The average Bonchev–Trinajstić information content (AvgIpc) is 3.27.